The summed E-state index contributed by atoms with van der Waals surface area (Å²) in [5.74, 6) is -0.545. The molecule has 4 aromatic rings. The Morgan fingerprint density at radius 1 is 1.08 bits per heavy atom. The Hall–Kier alpha value is -4.02. The minimum absolute atomic E-state index is 0.0812. The van der Waals surface area contributed by atoms with Crippen LogP contribution in [0.2, 0.25) is 0 Å². The van der Waals surface area contributed by atoms with Gasteiger partial charge in [0.1, 0.15) is 22.7 Å². The molecule has 10 nitrogen and oxygen atoms in total. The summed E-state index contributed by atoms with van der Waals surface area (Å²) in [6.45, 7) is 5.22. The third-order valence-electron chi connectivity index (χ3n) is 7.67. The van der Waals surface area contributed by atoms with Crippen LogP contribution in [0.15, 0.2) is 104 Å². The van der Waals surface area contributed by atoms with Gasteiger partial charge >= 0.3 is 12.1 Å². The molecule has 2 aromatic carbocycles. The standard InChI is InChI=1S/C36H34N4O6S5/c1-36(2,3)46-35(44)39-25-30(42)40-26(32(43)45-28(20-10-6-4-7-11-20)21-12-8-5-9-13-21)22(18-49-31(25)40)14-16-48-33-23(19-50-34(37)38)27(41)29-24(51-33)15-17-47-29/h4-17,25,28,31H,18-19H2,1-3H3,(H3,37,38)(H,39,44)/b16-14+. The average Bonchev–Trinajstić information content (AvgIpc) is 3.58. The fourth-order valence-electron chi connectivity index (χ4n) is 5.42. The van der Waals surface area contributed by atoms with Gasteiger partial charge in [-0.05, 0) is 60.4 Å². The van der Waals surface area contributed by atoms with Crippen LogP contribution in [-0.2, 0) is 24.8 Å². The predicted octanol–water partition coefficient (Wildman–Crippen LogP) is 7.45. The van der Waals surface area contributed by atoms with E-state index in [1.54, 1.807) is 32.3 Å². The van der Waals surface area contributed by atoms with Crippen molar-refractivity contribution in [3.05, 3.63) is 122 Å². The lowest BCUT2D eigenvalue weighted by Gasteiger charge is -2.49. The summed E-state index contributed by atoms with van der Waals surface area (Å²) in [4.78, 5) is 55.4. The number of nitrogens with zero attached hydrogens (tertiary/aromatic N) is 1. The van der Waals surface area contributed by atoms with E-state index in [4.69, 9.17) is 20.6 Å². The van der Waals surface area contributed by atoms with Crippen molar-refractivity contribution < 1.29 is 23.9 Å². The van der Waals surface area contributed by atoms with Crippen molar-refractivity contribution in [1.82, 2.24) is 10.2 Å². The van der Waals surface area contributed by atoms with Crippen molar-refractivity contribution >= 4 is 90.5 Å². The summed E-state index contributed by atoms with van der Waals surface area (Å²) in [5, 5.41) is 13.4. The van der Waals surface area contributed by atoms with Crippen molar-refractivity contribution in [3.8, 4) is 0 Å². The van der Waals surface area contributed by atoms with Gasteiger partial charge in [-0.2, -0.15) is 0 Å². The Kier molecular flexibility index (Phi) is 11.3. The highest BCUT2D eigenvalue weighted by molar-refractivity contribution is 8.13. The molecule has 0 radical (unpaired) electrons. The summed E-state index contributed by atoms with van der Waals surface area (Å²) in [6.07, 6.45) is 0.302. The van der Waals surface area contributed by atoms with Crippen molar-refractivity contribution in [3.63, 3.8) is 0 Å². The second-order valence-electron chi connectivity index (χ2n) is 12.4. The van der Waals surface area contributed by atoms with Crippen LogP contribution in [0.1, 0.15) is 43.6 Å². The molecular formula is C36H34N4O6S5. The number of thiophene rings is 1. The quantitative estimate of drug-likeness (QED) is 0.0487. The Labute approximate surface area is 315 Å². The van der Waals surface area contributed by atoms with E-state index in [2.05, 4.69) is 5.32 Å². The number of ether oxygens (including phenoxy) is 2. The first-order valence-electron chi connectivity index (χ1n) is 15.7. The van der Waals surface area contributed by atoms with Crippen molar-refractivity contribution in [2.45, 2.75) is 53.9 Å². The van der Waals surface area contributed by atoms with Crippen molar-refractivity contribution in [2.75, 3.05) is 5.75 Å². The maximum atomic E-state index is 14.3. The number of hydrogen-bond donors (Lipinski definition) is 3. The average molecular weight is 779 g/mol. The molecule has 2 aliphatic rings. The molecule has 51 heavy (non-hydrogen) atoms. The molecular weight excluding hydrogens is 745 g/mol. The number of carbonyl (C=O) groups excluding carboxylic acids is 3. The molecule has 1 saturated heterocycles. The number of fused-ring (bicyclic) bond motifs is 2. The summed E-state index contributed by atoms with van der Waals surface area (Å²) in [5.41, 5.74) is 7.49. The van der Waals surface area contributed by atoms with Gasteiger partial charge in [0.2, 0.25) is 5.43 Å². The van der Waals surface area contributed by atoms with Gasteiger partial charge in [-0.15, -0.1) is 34.4 Å². The number of hydrogen-bond acceptors (Lipinski definition) is 12. The zero-order chi connectivity index (χ0) is 36.3. The lowest BCUT2D eigenvalue weighted by atomic mass is 10.0. The number of β-lactam (4-membered cyclic amide) rings is 1. The molecule has 2 amide bonds. The monoisotopic (exact) mass is 778 g/mol. The number of amides is 2. The number of rotatable bonds is 10. The number of carbonyl (C=O) groups is 3. The molecule has 0 spiro atoms. The molecule has 2 unspecified atom stereocenters. The lowest BCUT2D eigenvalue weighted by molar-refractivity contribution is -0.153. The second-order valence-corrected chi connectivity index (χ2v) is 17.7. The largest absolute Gasteiger partial charge is 0.448 e. The topological polar surface area (TPSA) is 152 Å². The first-order chi connectivity index (χ1) is 24.4. The minimum atomic E-state index is -0.887. The summed E-state index contributed by atoms with van der Waals surface area (Å²) < 4.78 is 13.9. The number of amidine groups is 1. The summed E-state index contributed by atoms with van der Waals surface area (Å²) in [6, 6.07) is 19.8. The number of thioether (sulfide) groups is 3. The summed E-state index contributed by atoms with van der Waals surface area (Å²) >= 11 is 6.68. The third kappa shape index (κ3) is 8.39. The van der Waals surface area contributed by atoms with Crippen LogP contribution < -0.4 is 16.5 Å². The van der Waals surface area contributed by atoms with E-state index in [1.165, 1.54) is 51.1 Å². The maximum Gasteiger partial charge on any atom is 0.408 e. The Morgan fingerprint density at radius 3 is 2.37 bits per heavy atom. The molecule has 4 heterocycles. The second kappa shape index (κ2) is 15.7. The number of benzene rings is 2. The zero-order valence-corrected chi connectivity index (χ0v) is 31.8. The highest BCUT2D eigenvalue weighted by Gasteiger charge is 2.54. The van der Waals surface area contributed by atoms with Gasteiger partial charge in [-0.3, -0.25) is 19.9 Å². The molecule has 264 valence electrons. The number of allylic oxidation sites excluding steroid dienone is 1. The van der Waals surface area contributed by atoms with Gasteiger partial charge in [0.25, 0.3) is 5.91 Å². The van der Waals surface area contributed by atoms with E-state index < -0.39 is 41.1 Å². The molecule has 6 rings (SSSR count). The van der Waals surface area contributed by atoms with E-state index in [-0.39, 0.29) is 22.0 Å². The first-order valence-corrected chi connectivity index (χ1v) is 20.3. The van der Waals surface area contributed by atoms with Crippen LogP contribution in [0, 0.1) is 5.41 Å². The maximum absolute atomic E-state index is 14.3. The normalized spacial score (nSPS) is 17.4. The van der Waals surface area contributed by atoms with Crippen molar-refractivity contribution in [2.24, 2.45) is 5.73 Å². The van der Waals surface area contributed by atoms with Crippen LogP contribution >= 0.6 is 58.0 Å². The van der Waals surface area contributed by atoms with E-state index in [1.807, 2.05) is 72.1 Å². The van der Waals surface area contributed by atoms with Gasteiger partial charge < -0.3 is 20.5 Å². The van der Waals surface area contributed by atoms with Gasteiger partial charge in [0.05, 0.1) is 13.6 Å². The molecule has 0 saturated carbocycles. The van der Waals surface area contributed by atoms with Crippen LogP contribution in [0.5, 0.6) is 0 Å². The van der Waals surface area contributed by atoms with E-state index in [0.717, 1.165) is 31.8 Å². The highest BCUT2D eigenvalue weighted by atomic mass is 32.2. The Bertz CT molecular complexity index is 2050. The highest BCUT2D eigenvalue weighted by Crippen LogP contribution is 2.43. The summed E-state index contributed by atoms with van der Waals surface area (Å²) in [7, 11) is 0. The molecule has 0 bridgehead atoms. The number of alkyl carbamates (subject to hydrolysis) is 1. The molecule has 1 fully saturated rings. The number of nitrogens with two attached hydrogens (primary N) is 1. The van der Waals surface area contributed by atoms with E-state index in [0.29, 0.717) is 21.6 Å². The minimum Gasteiger partial charge on any atom is -0.448 e. The molecule has 0 aliphatic carbocycles. The SMILES string of the molecule is CC(C)(C)OC(=O)NC1C(=O)N2C(C(=O)OC(c3ccccc3)c3ccccc3)=C(/C=C/Sc3sc4ccsc4c(=O)c3CSC(=N)N)CSC12. The van der Waals surface area contributed by atoms with Crippen molar-refractivity contribution in [1.29, 1.82) is 5.41 Å². The van der Waals surface area contributed by atoms with Gasteiger partial charge in [0, 0.05) is 17.1 Å². The molecule has 2 aliphatic heterocycles. The lowest BCUT2D eigenvalue weighted by Crippen LogP contribution is -2.70. The third-order valence-corrected chi connectivity index (χ3v) is 13.0. The predicted molar refractivity (Wildman–Crippen MR) is 208 cm³/mol. The van der Waals surface area contributed by atoms with E-state index >= 15 is 0 Å². The van der Waals surface area contributed by atoms with Gasteiger partial charge in [-0.1, -0.05) is 84.2 Å². The first kappa shape index (κ1) is 36.8. The van der Waals surface area contributed by atoms with Crippen LogP contribution in [0.25, 0.3) is 9.40 Å². The Balaban J connectivity index is 1.34. The van der Waals surface area contributed by atoms with Crippen LogP contribution in [-0.4, -0.2) is 50.8 Å². The van der Waals surface area contributed by atoms with Crippen LogP contribution in [0.3, 0.4) is 0 Å². The molecule has 15 heteroatoms. The smallest absolute Gasteiger partial charge is 0.408 e. The van der Waals surface area contributed by atoms with Gasteiger partial charge in [0.15, 0.2) is 11.3 Å². The number of nitrogens with one attached hydrogen (secondary N) is 2. The van der Waals surface area contributed by atoms with E-state index in [9.17, 15) is 19.2 Å². The van der Waals surface area contributed by atoms with Gasteiger partial charge in [-0.25, -0.2) is 9.59 Å². The molecule has 4 N–H and O–H groups in total. The fraction of sp³-hybridized carbons (Fsp3) is 0.250. The van der Waals surface area contributed by atoms with Crippen LogP contribution in [0.4, 0.5) is 4.79 Å². The zero-order valence-electron chi connectivity index (χ0n) is 27.7. The molecule has 2 aromatic heterocycles. The fourth-order valence-corrected chi connectivity index (χ4v) is 10.7. The number of esters is 1. The Morgan fingerprint density at radius 2 is 1.75 bits per heavy atom. The molecule has 2 atom stereocenters.